The Labute approximate surface area is 121 Å². The zero-order chi connectivity index (χ0) is 15.3. The van der Waals surface area contributed by atoms with E-state index in [4.69, 9.17) is 16.7 Å². The topological polar surface area (TPSA) is 95.5 Å². The molecule has 2 amide bonds. The number of aliphatic carboxylic acids is 1. The van der Waals surface area contributed by atoms with E-state index in [2.05, 4.69) is 10.6 Å². The summed E-state index contributed by atoms with van der Waals surface area (Å²) in [6.07, 6.45) is 0. The van der Waals surface area contributed by atoms with Crippen LogP contribution in [0.5, 0.6) is 0 Å². The first-order valence-corrected chi connectivity index (χ1v) is 6.18. The Morgan fingerprint density at radius 2 is 1.95 bits per heavy atom. The van der Waals surface area contributed by atoms with Crippen LogP contribution < -0.4 is 10.6 Å². The van der Waals surface area contributed by atoms with Gasteiger partial charge >= 0.3 is 5.97 Å². The molecule has 0 aliphatic rings. The van der Waals surface area contributed by atoms with Crippen molar-refractivity contribution < 1.29 is 19.5 Å². The average molecular weight is 299 g/mol. The normalized spacial score (nSPS) is 10.8. The molecule has 108 valence electrons. The van der Waals surface area contributed by atoms with Gasteiger partial charge < -0.3 is 15.7 Å². The fourth-order valence-corrected chi connectivity index (χ4v) is 1.53. The van der Waals surface area contributed by atoms with Gasteiger partial charge in [-0.25, -0.2) is 4.79 Å². The van der Waals surface area contributed by atoms with E-state index < -0.39 is 23.3 Å². The third-order valence-electron chi connectivity index (χ3n) is 2.48. The van der Waals surface area contributed by atoms with E-state index in [1.165, 1.54) is 19.9 Å². The van der Waals surface area contributed by atoms with Gasteiger partial charge in [0.05, 0.1) is 6.54 Å². The minimum atomic E-state index is -1.39. The highest BCUT2D eigenvalue weighted by Gasteiger charge is 2.28. The molecule has 0 atom stereocenters. The van der Waals surface area contributed by atoms with Gasteiger partial charge in [0.2, 0.25) is 5.91 Å². The van der Waals surface area contributed by atoms with Gasteiger partial charge in [-0.1, -0.05) is 17.7 Å². The van der Waals surface area contributed by atoms with Crippen molar-refractivity contribution in [1.82, 2.24) is 10.6 Å². The number of benzene rings is 1. The Morgan fingerprint density at radius 3 is 2.50 bits per heavy atom. The molecular formula is C13H15ClN2O4. The molecule has 1 rings (SSSR count). The molecule has 6 nitrogen and oxygen atoms in total. The Kier molecular flexibility index (Phi) is 5.10. The van der Waals surface area contributed by atoms with Gasteiger partial charge in [0, 0.05) is 10.6 Å². The highest BCUT2D eigenvalue weighted by atomic mass is 35.5. The number of halogens is 1. The van der Waals surface area contributed by atoms with Gasteiger partial charge in [-0.05, 0) is 32.0 Å². The number of hydrogen-bond acceptors (Lipinski definition) is 3. The molecule has 20 heavy (non-hydrogen) atoms. The first-order valence-electron chi connectivity index (χ1n) is 5.80. The highest BCUT2D eigenvalue weighted by molar-refractivity contribution is 6.30. The first kappa shape index (κ1) is 16.0. The van der Waals surface area contributed by atoms with E-state index in [1.54, 1.807) is 18.2 Å². The lowest BCUT2D eigenvalue weighted by Gasteiger charge is -2.21. The van der Waals surface area contributed by atoms with Crippen LogP contribution in [0.25, 0.3) is 0 Å². The van der Waals surface area contributed by atoms with Crippen molar-refractivity contribution in [2.75, 3.05) is 6.54 Å². The fraction of sp³-hybridized carbons (Fsp3) is 0.308. The quantitative estimate of drug-likeness (QED) is 0.757. The smallest absolute Gasteiger partial charge is 0.328 e. The molecule has 0 radical (unpaired) electrons. The number of rotatable bonds is 5. The number of carbonyl (C=O) groups is 3. The predicted molar refractivity (Wildman–Crippen MR) is 73.6 cm³/mol. The van der Waals surface area contributed by atoms with Crippen molar-refractivity contribution in [2.45, 2.75) is 19.4 Å². The van der Waals surface area contributed by atoms with Crippen LogP contribution in [0.3, 0.4) is 0 Å². The van der Waals surface area contributed by atoms with Gasteiger partial charge in [0.25, 0.3) is 5.91 Å². The Morgan fingerprint density at radius 1 is 1.30 bits per heavy atom. The molecular weight excluding hydrogens is 284 g/mol. The molecule has 0 unspecified atom stereocenters. The molecule has 0 aliphatic carbocycles. The van der Waals surface area contributed by atoms with E-state index in [0.29, 0.717) is 10.6 Å². The molecule has 0 saturated carbocycles. The van der Waals surface area contributed by atoms with Crippen molar-refractivity contribution >= 4 is 29.4 Å². The summed E-state index contributed by atoms with van der Waals surface area (Å²) in [5.41, 5.74) is -1.07. The monoisotopic (exact) mass is 298 g/mol. The molecule has 0 aromatic heterocycles. The van der Waals surface area contributed by atoms with Gasteiger partial charge in [-0.2, -0.15) is 0 Å². The summed E-state index contributed by atoms with van der Waals surface area (Å²) in [6, 6.07) is 6.27. The van der Waals surface area contributed by atoms with Crippen molar-refractivity contribution in [3.63, 3.8) is 0 Å². The number of carboxylic acid groups (broad SMARTS) is 1. The third kappa shape index (κ3) is 4.55. The van der Waals surface area contributed by atoms with Crippen LogP contribution in [0.15, 0.2) is 24.3 Å². The van der Waals surface area contributed by atoms with Gasteiger partial charge in [0.15, 0.2) is 0 Å². The second-order valence-corrected chi connectivity index (χ2v) is 5.11. The zero-order valence-corrected chi connectivity index (χ0v) is 11.8. The third-order valence-corrected chi connectivity index (χ3v) is 2.72. The second-order valence-electron chi connectivity index (χ2n) is 4.67. The number of hydrogen-bond donors (Lipinski definition) is 3. The van der Waals surface area contributed by atoms with Crippen molar-refractivity contribution in [3.8, 4) is 0 Å². The summed E-state index contributed by atoms with van der Waals surface area (Å²) in [6.45, 7) is 2.39. The SMILES string of the molecule is CC(C)(NC(=O)CNC(=O)c1cccc(Cl)c1)C(=O)O. The summed E-state index contributed by atoms with van der Waals surface area (Å²) >= 11 is 5.75. The Balaban J connectivity index is 2.53. The van der Waals surface area contributed by atoms with Crippen molar-refractivity contribution in [2.24, 2.45) is 0 Å². The molecule has 0 aliphatic heterocycles. The predicted octanol–water partition coefficient (Wildman–Crippen LogP) is 1.05. The van der Waals surface area contributed by atoms with Crippen LogP contribution in [0.2, 0.25) is 5.02 Å². The number of amides is 2. The zero-order valence-electron chi connectivity index (χ0n) is 11.1. The maximum atomic E-state index is 11.7. The molecule has 7 heteroatoms. The number of carbonyl (C=O) groups excluding carboxylic acids is 2. The molecule has 0 fully saturated rings. The minimum Gasteiger partial charge on any atom is -0.480 e. The lowest BCUT2D eigenvalue weighted by Crippen LogP contribution is -2.52. The average Bonchev–Trinajstić information content (AvgIpc) is 2.35. The van der Waals surface area contributed by atoms with E-state index in [9.17, 15) is 14.4 Å². The fourth-order valence-electron chi connectivity index (χ4n) is 1.34. The Bertz CT molecular complexity index is 543. The molecule has 0 bridgehead atoms. The second kappa shape index (κ2) is 6.38. The van der Waals surface area contributed by atoms with Crippen LogP contribution in [-0.2, 0) is 9.59 Å². The van der Waals surface area contributed by atoms with E-state index in [1.807, 2.05) is 0 Å². The molecule has 0 saturated heterocycles. The summed E-state index contributed by atoms with van der Waals surface area (Å²) in [4.78, 5) is 34.1. The lowest BCUT2D eigenvalue weighted by atomic mass is 10.1. The highest BCUT2D eigenvalue weighted by Crippen LogP contribution is 2.10. The largest absolute Gasteiger partial charge is 0.480 e. The lowest BCUT2D eigenvalue weighted by molar-refractivity contribution is -0.145. The molecule has 0 spiro atoms. The van der Waals surface area contributed by atoms with Gasteiger partial charge in [-0.3, -0.25) is 9.59 Å². The van der Waals surface area contributed by atoms with Gasteiger partial charge in [0.1, 0.15) is 5.54 Å². The van der Waals surface area contributed by atoms with E-state index in [0.717, 1.165) is 0 Å². The van der Waals surface area contributed by atoms with E-state index >= 15 is 0 Å². The summed E-state index contributed by atoms with van der Waals surface area (Å²) in [5, 5.41) is 14.0. The standard InChI is InChI=1S/C13H15ClN2O4/c1-13(2,12(19)20)16-10(17)7-15-11(18)8-4-3-5-9(14)6-8/h3-6H,7H2,1-2H3,(H,15,18)(H,16,17)(H,19,20). The summed E-state index contributed by atoms with van der Waals surface area (Å²) < 4.78 is 0. The van der Waals surface area contributed by atoms with Crippen LogP contribution in [0, 0.1) is 0 Å². The molecule has 1 aromatic rings. The van der Waals surface area contributed by atoms with Crippen LogP contribution in [0.1, 0.15) is 24.2 Å². The molecule has 1 aromatic carbocycles. The van der Waals surface area contributed by atoms with E-state index in [-0.39, 0.29) is 6.54 Å². The maximum Gasteiger partial charge on any atom is 0.328 e. The first-order chi connectivity index (χ1) is 9.22. The maximum absolute atomic E-state index is 11.7. The molecule has 0 heterocycles. The van der Waals surface area contributed by atoms with Crippen LogP contribution >= 0.6 is 11.6 Å². The summed E-state index contributed by atoms with van der Waals surface area (Å²) in [7, 11) is 0. The van der Waals surface area contributed by atoms with Crippen molar-refractivity contribution in [1.29, 1.82) is 0 Å². The Hall–Kier alpha value is -2.08. The number of nitrogens with one attached hydrogen (secondary N) is 2. The van der Waals surface area contributed by atoms with Crippen LogP contribution in [0.4, 0.5) is 0 Å². The summed E-state index contributed by atoms with van der Waals surface area (Å²) in [5.74, 6) is -2.21. The number of carboxylic acids is 1. The minimum absolute atomic E-state index is 0.317. The van der Waals surface area contributed by atoms with Crippen molar-refractivity contribution in [3.05, 3.63) is 34.9 Å². The molecule has 3 N–H and O–H groups in total. The van der Waals surface area contributed by atoms with Crippen LogP contribution in [-0.4, -0.2) is 35.0 Å². The van der Waals surface area contributed by atoms with Gasteiger partial charge in [-0.15, -0.1) is 0 Å².